The molecule has 152 valence electrons. The highest BCUT2D eigenvalue weighted by Crippen LogP contribution is 2.37. The molecule has 3 rings (SSSR count). The molecule has 0 bridgehead atoms. The van der Waals surface area contributed by atoms with E-state index in [0.29, 0.717) is 36.2 Å². The molecule has 3 aromatic carbocycles. The highest BCUT2D eigenvalue weighted by molar-refractivity contribution is 9.10. The lowest BCUT2D eigenvalue weighted by Gasteiger charge is -2.18. The maximum absolute atomic E-state index is 6.27. The topological polar surface area (TPSA) is 39.7 Å². The third-order valence-electron chi connectivity index (χ3n) is 4.53. The molecule has 0 spiro atoms. The van der Waals surface area contributed by atoms with Crippen LogP contribution in [0.5, 0.6) is 17.2 Å². The Labute approximate surface area is 184 Å². The molecule has 0 saturated heterocycles. The zero-order chi connectivity index (χ0) is 20.6. The Morgan fingerprint density at radius 1 is 0.828 bits per heavy atom. The predicted octanol–water partition coefficient (Wildman–Crippen LogP) is 5.99. The van der Waals surface area contributed by atoms with Crippen molar-refractivity contribution in [3.63, 3.8) is 0 Å². The maximum Gasteiger partial charge on any atom is 0.167 e. The predicted molar refractivity (Wildman–Crippen MR) is 120 cm³/mol. The van der Waals surface area contributed by atoms with Gasteiger partial charge in [0.25, 0.3) is 0 Å². The van der Waals surface area contributed by atoms with Crippen molar-refractivity contribution in [2.75, 3.05) is 14.2 Å². The fourth-order valence-electron chi connectivity index (χ4n) is 3.00. The van der Waals surface area contributed by atoms with Crippen molar-refractivity contribution in [1.82, 2.24) is 5.32 Å². The van der Waals surface area contributed by atoms with Gasteiger partial charge in [-0.1, -0.05) is 63.9 Å². The molecular formula is C23H23BrClNO3. The van der Waals surface area contributed by atoms with Crippen molar-refractivity contribution in [2.24, 2.45) is 0 Å². The summed E-state index contributed by atoms with van der Waals surface area (Å²) in [4.78, 5) is 0. The van der Waals surface area contributed by atoms with E-state index in [4.69, 9.17) is 25.8 Å². The number of hydrogen-bond acceptors (Lipinski definition) is 4. The summed E-state index contributed by atoms with van der Waals surface area (Å²) >= 11 is 9.91. The van der Waals surface area contributed by atoms with Gasteiger partial charge in [0, 0.05) is 39.3 Å². The van der Waals surface area contributed by atoms with Crippen LogP contribution >= 0.6 is 27.5 Å². The molecule has 0 aliphatic heterocycles. The van der Waals surface area contributed by atoms with E-state index < -0.39 is 0 Å². The lowest BCUT2D eigenvalue weighted by Crippen LogP contribution is -2.15. The van der Waals surface area contributed by atoms with Crippen LogP contribution in [-0.4, -0.2) is 14.2 Å². The molecular weight excluding hydrogens is 454 g/mol. The van der Waals surface area contributed by atoms with E-state index in [1.165, 1.54) is 0 Å². The number of para-hydroxylation sites is 1. The lowest BCUT2D eigenvalue weighted by atomic mass is 10.1. The van der Waals surface area contributed by atoms with Gasteiger partial charge in [-0.3, -0.25) is 0 Å². The first kappa shape index (κ1) is 21.5. The number of benzene rings is 3. The van der Waals surface area contributed by atoms with Gasteiger partial charge < -0.3 is 19.5 Å². The summed E-state index contributed by atoms with van der Waals surface area (Å²) in [6.45, 7) is 1.61. The number of ether oxygens (including phenoxy) is 3. The molecule has 0 amide bonds. The van der Waals surface area contributed by atoms with E-state index in [2.05, 4.69) is 21.2 Å². The number of hydrogen-bond donors (Lipinski definition) is 1. The standard InChI is InChI=1S/C23H23BrClNO3/c1-27-21-10-6-4-7-16(21)13-26-14-18-19(24)11-12-22(28-2)23(18)29-15-17-8-3-5-9-20(17)25/h3-12,26H,13-15H2,1-2H3. The van der Waals surface area contributed by atoms with Crippen LogP contribution in [0.25, 0.3) is 0 Å². The summed E-state index contributed by atoms with van der Waals surface area (Å²) in [7, 11) is 3.32. The zero-order valence-corrected chi connectivity index (χ0v) is 18.7. The van der Waals surface area contributed by atoms with Gasteiger partial charge in [-0.2, -0.15) is 0 Å². The summed E-state index contributed by atoms with van der Waals surface area (Å²) in [6, 6.07) is 19.5. The quantitative estimate of drug-likeness (QED) is 0.412. The Morgan fingerprint density at radius 3 is 2.24 bits per heavy atom. The Morgan fingerprint density at radius 2 is 1.52 bits per heavy atom. The van der Waals surface area contributed by atoms with Crippen molar-refractivity contribution in [1.29, 1.82) is 0 Å². The van der Waals surface area contributed by atoms with Crippen molar-refractivity contribution in [2.45, 2.75) is 19.7 Å². The first-order chi connectivity index (χ1) is 14.1. The minimum Gasteiger partial charge on any atom is -0.496 e. The van der Waals surface area contributed by atoms with Gasteiger partial charge in [-0.05, 0) is 24.3 Å². The van der Waals surface area contributed by atoms with Gasteiger partial charge >= 0.3 is 0 Å². The van der Waals surface area contributed by atoms with Gasteiger partial charge in [-0.15, -0.1) is 0 Å². The lowest BCUT2D eigenvalue weighted by molar-refractivity contribution is 0.280. The largest absolute Gasteiger partial charge is 0.496 e. The molecule has 0 fully saturated rings. The van der Waals surface area contributed by atoms with Crippen LogP contribution < -0.4 is 19.5 Å². The van der Waals surface area contributed by atoms with E-state index in [1.807, 2.05) is 60.7 Å². The fourth-order valence-corrected chi connectivity index (χ4v) is 3.65. The Hall–Kier alpha value is -2.21. The summed E-state index contributed by atoms with van der Waals surface area (Å²) in [5.41, 5.74) is 2.99. The van der Waals surface area contributed by atoms with E-state index >= 15 is 0 Å². The van der Waals surface area contributed by atoms with Gasteiger partial charge in [0.05, 0.1) is 14.2 Å². The normalized spacial score (nSPS) is 10.6. The van der Waals surface area contributed by atoms with Gasteiger partial charge in [0.2, 0.25) is 0 Å². The van der Waals surface area contributed by atoms with E-state index in [-0.39, 0.29) is 0 Å². The average molecular weight is 477 g/mol. The molecule has 0 unspecified atom stereocenters. The molecule has 0 radical (unpaired) electrons. The molecule has 6 heteroatoms. The second-order valence-corrected chi connectivity index (χ2v) is 7.61. The van der Waals surface area contributed by atoms with Crippen LogP contribution in [0, 0.1) is 0 Å². The van der Waals surface area contributed by atoms with E-state index in [1.54, 1.807) is 14.2 Å². The summed E-state index contributed by atoms with van der Waals surface area (Å²) in [5, 5.41) is 4.14. The smallest absolute Gasteiger partial charge is 0.167 e. The molecule has 3 aromatic rings. The molecule has 0 atom stereocenters. The van der Waals surface area contributed by atoms with Gasteiger partial charge in [0.1, 0.15) is 12.4 Å². The number of rotatable bonds is 9. The highest BCUT2D eigenvalue weighted by atomic mass is 79.9. The van der Waals surface area contributed by atoms with Crippen LogP contribution in [0.3, 0.4) is 0 Å². The molecule has 0 aliphatic carbocycles. The third kappa shape index (κ3) is 5.44. The van der Waals surface area contributed by atoms with Crippen molar-refractivity contribution >= 4 is 27.5 Å². The van der Waals surface area contributed by atoms with Crippen LogP contribution in [0.4, 0.5) is 0 Å². The fraction of sp³-hybridized carbons (Fsp3) is 0.217. The number of methoxy groups -OCH3 is 2. The minimum atomic E-state index is 0.353. The Bertz CT molecular complexity index is 965. The Balaban J connectivity index is 1.77. The average Bonchev–Trinajstić information content (AvgIpc) is 2.75. The molecule has 29 heavy (non-hydrogen) atoms. The van der Waals surface area contributed by atoms with E-state index in [0.717, 1.165) is 26.9 Å². The molecule has 1 N–H and O–H groups in total. The Kier molecular flexibility index (Phi) is 7.81. The molecule has 0 saturated carbocycles. The first-order valence-corrected chi connectivity index (χ1v) is 10.3. The number of nitrogens with one attached hydrogen (secondary N) is 1. The summed E-state index contributed by atoms with van der Waals surface area (Å²) in [5.74, 6) is 2.23. The summed E-state index contributed by atoms with van der Waals surface area (Å²) < 4.78 is 18.1. The zero-order valence-electron chi connectivity index (χ0n) is 16.4. The van der Waals surface area contributed by atoms with Crippen LogP contribution in [0.1, 0.15) is 16.7 Å². The van der Waals surface area contributed by atoms with Crippen LogP contribution in [0.2, 0.25) is 5.02 Å². The maximum atomic E-state index is 6.27. The van der Waals surface area contributed by atoms with Gasteiger partial charge in [-0.25, -0.2) is 0 Å². The van der Waals surface area contributed by atoms with Crippen molar-refractivity contribution < 1.29 is 14.2 Å². The first-order valence-electron chi connectivity index (χ1n) is 9.18. The highest BCUT2D eigenvalue weighted by Gasteiger charge is 2.15. The third-order valence-corrected chi connectivity index (χ3v) is 5.64. The minimum absolute atomic E-state index is 0.353. The van der Waals surface area contributed by atoms with Gasteiger partial charge in [0.15, 0.2) is 11.5 Å². The second-order valence-electron chi connectivity index (χ2n) is 6.35. The molecule has 0 heterocycles. The second kappa shape index (κ2) is 10.5. The van der Waals surface area contributed by atoms with Crippen LogP contribution in [-0.2, 0) is 19.7 Å². The molecule has 0 aliphatic rings. The van der Waals surface area contributed by atoms with Crippen molar-refractivity contribution in [3.8, 4) is 17.2 Å². The van der Waals surface area contributed by atoms with E-state index in [9.17, 15) is 0 Å². The van der Waals surface area contributed by atoms with Crippen LogP contribution in [0.15, 0.2) is 65.1 Å². The number of halogens is 2. The SMILES string of the molecule is COc1ccccc1CNCc1c(Br)ccc(OC)c1OCc1ccccc1Cl. The molecule has 4 nitrogen and oxygen atoms in total. The van der Waals surface area contributed by atoms with Crippen molar-refractivity contribution in [3.05, 3.63) is 86.8 Å². The summed E-state index contributed by atoms with van der Waals surface area (Å²) in [6.07, 6.45) is 0. The molecule has 0 aromatic heterocycles. The monoisotopic (exact) mass is 475 g/mol.